The van der Waals surface area contributed by atoms with Crippen molar-refractivity contribution in [2.24, 2.45) is 5.92 Å². The Morgan fingerprint density at radius 1 is 1.27 bits per heavy atom. The smallest absolute Gasteiger partial charge is 0.147 e. The van der Waals surface area contributed by atoms with E-state index >= 15 is 0 Å². The fourth-order valence-electron chi connectivity index (χ4n) is 1.16. The van der Waals surface area contributed by atoms with Crippen LogP contribution >= 0.6 is 22.2 Å². The van der Waals surface area contributed by atoms with E-state index in [9.17, 15) is 0 Å². The molecule has 0 aromatic rings. The first kappa shape index (κ1) is 11.8. The summed E-state index contributed by atoms with van der Waals surface area (Å²) in [4.78, 5) is 0. The van der Waals surface area contributed by atoms with Crippen molar-refractivity contribution in [1.29, 1.82) is 0 Å². The van der Waals surface area contributed by atoms with Crippen LogP contribution in [0.25, 0.3) is 0 Å². The number of rotatable bonds is 6. The van der Waals surface area contributed by atoms with Crippen molar-refractivity contribution in [3.05, 3.63) is 0 Å². The van der Waals surface area contributed by atoms with Gasteiger partial charge in [-0.2, -0.15) is 0 Å². The Kier molecular flexibility index (Phi) is 7.99. The van der Waals surface area contributed by atoms with Gasteiger partial charge in [-0.05, 0) is 12.0 Å². The molecule has 3 heteroatoms. The molecule has 11 heavy (non-hydrogen) atoms. The molecule has 0 spiro atoms. The van der Waals surface area contributed by atoms with Crippen molar-refractivity contribution in [1.82, 2.24) is 0 Å². The minimum Gasteiger partial charge on any atom is -0.147 e. The molecule has 0 aromatic carbocycles. The summed E-state index contributed by atoms with van der Waals surface area (Å²) in [7, 11) is -1.03. The third-order valence-corrected chi connectivity index (χ3v) is 3.80. The average molecular weight is 212 g/mol. The van der Waals surface area contributed by atoms with E-state index < -0.39 is 7.42 Å². The van der Waals surface area contributed by atoms with Crippen molar-refractivity contribution < 1.29 is 0 Å². The number of hydrogen-bond acceptors (Lipinski definition) is 0. The largest absolute Gasteiger partial charge is 0.274 e. The minimum atomic E-state index is -1.03. The Morgan fingerprint density at radius 2 is 1.91 bits per heavy atom. The molecule has 0 aliphatic heterocycles. The van der Waals surface area contributed by atoms with E-state index in [0.29, 0.717) is 0 Å². The van der Waals surface area contributed by atoms with Gasteiger partial charge in [0.15, 0.2) is 0 Å². The minimum absolute atomic E-state index is 0.777. The second-order valence-corrected chi connectivity index (χ2v) is 7.36. The van der Waals surface area contributed by atoms with Crippen LogP contribution in [0.5, 0.6) is 0 Å². The van der Waals surface area contributed by atoms with Crippen LogP contribution in [0.15, 0.2) is 0 Å². The first-order valence-corrected chi connectivity index (χ1v) is 8.10. The molecule has 0 bridgehead atoms. The molecule has 0 aromatic heterocycles. The normalized spacial score (nSPS) is 13.9. The van der Waals surface area contributed by atoms with Gasteiger partial charge in [0.25, 0.3) is 7.42 Å². The van der Waals surface area contributed by atoms with E-state index in [-0.39, 0.29) is 0 Å². The zero-order chi connectivity index (χ0) is 8.69. The molecular formula is C8H17Cl2Si. The van der Waals surface area contributed by atoms with Crippen LogP contribution < -0.4 is 0 Å². The van der Waals surface area contributed by atoms with Gasteiger partial charge in [-0.3, -0.25) is 0 Å². The van der Waals surface area contributed by atoms with Gasteiger partial charge in [0.2, 0.25) is 0 Å². The molecule has 0 fully saturated rings. The SMILES string of the molecule is CCCCC(CC)C[Si](Cl)Cl. The summed E-state index contributed by atoms with van der Waals surface area (Å²) in [5.74, 6) is 0.777. The summed E-state index contributed by atoms with van der Waals surface area (Å²) in [6, 6.07) is 1.06. The summed E-state index contributed by atoms with van der Waals surface area (Å²) < 4.78 is 0. The van der Waals surface area contributed by atoms with Crippen LogP contribution in [-0.4, -0.2) is 7.42 Å². The molecule has 0 saturated heterocycles. The molecule has 0 N–H and O–H groups in total. The van der Waals surface area contributed by atoms with Gasteiger partial charge >= 0.3 is 0 Å². The zero-order valence-electron chi connectivity index (χ0n) is 7.37. The topological polar surface area (TPSA) is 0 Å². The van der Waals surface area contributed by atoms with E-state index in [1.165, 1.54) is 25.7 Å². The summed E-state index contributed by atoms with van der Waals surface area (Å²) in [6.45, 7) is 4.44. The van der Waals surface area contributed by atoms with Gasteiger partial charge in [0.1, 0.15) is 0 Å². The predicted molar refractivity (Wildman–Crippen MR) is 55.6 cm³/mol. The Morgan fingerprint density at radius 3 is 2.27 bits per heavy atom. The van der Waals surface area contributed by atoms with E-state index in [1.807, 2.05) is 0 Å². The maximum absolute atomic E-state index is 5.80. The molecule has 0 amide bonds. The summed E-state index contributed by atoms with van der Waals surface area (Å²) in [5, 5.41) is 0. The fourth-order valence-corrected chi connectivity index (χ4v) is 3.40. The lowest BCUT2D eigenvalue weighted by molar-refractivity contribution is 0.490. The highest BCUT2D eigenvalue weighted by Gasteiger charge is 2.12. The molecule has 1 unspecified atom stereocenters. The maximum Gasteiger partial charge on any atom is 0.274 e. The third-order valence-electron chi connectivity index (χ3n) is 1.99. The van der Waals surface area contributed by atoms with Gasteiger partial charge in [-0.25, -0.2) is 0 Å². The number of halogens is 2. The molecule has 0 nitrogen and oxygen atoms in total. The molecule has 0 rings (SSSR count). The molecule has 0 aliphatic rings. The quantitative estimate of drug-likeness (QED) is 0.458. The zero-order valence-corrected chi connectivity index (χ0v) is 9.88. The summed E-state index contributed by atoms with van der Waals surface area (Å²) in [5.41, 5.74) is 0. The Balaban J connectivity index is 3.41. The monoisotopic (exact) mass is 211 g/mol. The van der Waals surface area contributed by atoms with E-state index in [1.54, 1.807) is 0 Å². The molecule has 0 aliphatic carbocycles. The average Bonchev–Trinajstić information content (AvgIpc) is 1.97. The predicted octanol–water partition coefficient (Wildman–Crippen LogP) is 4.17. The van der Waals surface area contributed by atoms with Crippen LogP contribution in [0.1, 0.15) is 39.5 Å². The molecular weight excluding hydrogens is 195 g/mol. The maximum atomic E-state index is 5.80. The Labute approximate surface area is 81.3 Å². The second kappa shape index (κ2) is 7.45. The van der Waals surface area contributed by atoms with Crippen LogP contribution in [0.3, 0.4) is 0 Å². The fraction of sp³-hybridized carbons (Fsp3) is 1.00. The van der Waals surface area contributed by atoms with Crippen molar-refractivity contribution in [3.63, 3.8) is 0 Å². The Bertz CT molecular complexity index is 86.2. The second-order valence-electron chi connectivity index (χ2n) is 2.96. The number of hydrogen-bond donors (Lipinski definition) is 0. The van der Waals surface area contributed by atoms with Crippen LogP contribution in [0, 0.1) is 5.92 Å². The van der Waals surface area contributed by atoms with E-state index in [0.717, 1.165) is 12.0 Å². The van der Waals surface area contributed by atoms with Gasteiger partial charge in [-0.15, -0.1) is 22.2 Å². The molecule has 0 saturated carbocycles. The van der Waals surface area contributed by atoms with Gasteiger partial charge in [-0.1, -0.05) is 39.5 Å². The number of unbranched alkanes of at least 4 members (excludes halogenated alkanes) is 1. The van der Waals surface area contributed by atoms with Crippen LogP contribution in [0.4, 0.5) is 0 Å². The van der Waals surface area contributed by atoms with Gasteiger partial charge in [0.05, 0.1) is 0 Å². The standard InChI is InChI=1S/C8H17Cl2Si/c1-3-5-6-8(4-2)7-11(9)10/h8H,3-7H2,1-2H3. The van der Waals surface area contributed by atoms with Gasteiger partial charge in [0, 0.05) is 0 Å². The molecule has 67 valence electrons. The van der Waals surface area contributed by atoms with Gasteiger partial charge < -0.3 is 0 Å². The summed E-state index contributed by atoms with van der Waals surface area (Å²) >= 11 is 11.6. The van der Waals surface area contributed by atoms with E-state index in [4.69, 9.17) is 22.2 Å². The third kappa shape index (κ3) is 7.17. The lowest BCUT2D eigenvalue weighted by Gasteiger charge is -2.12. The first-order valence-electron chi connectivity index (χ1n) is 4.37. The lowest BCUT2D eigenvalue weighted by atomic mass is 10.0. The van der Waals surface area contributed by atoms with Crippen molar-refractivity contribution in [2.45, 2.75) is 45.6 Å². The first-order chi connectivity index (χ1) is 5.20. The highest BCUT2D eigenvalue weighted by atomic mass is 35.7. The van der Waals surface area contributed by atoms with Crippen molar-refractivity contribution in [2.75, 3.05) is 0 Å². The van der Waals surface area contributed by atoms with Crippen molar-refractivity contribution >= 4 is 29.6 Å². The van der Waals surface area contributed by atoms with Crippen LogP contribution in [0.2, 0.25) is 6.04 Å². The molecule has 0 heterocycles. The highest BCUT2D eigenvalue weighted by molar-refractivity contribution is 7.33. The van der Waals surface area contributed by atoms with Crippen LogP contribution in [-0.2, 0) is 0 Å². The highest BCUT2D eigenvalue weighted by Crippen LogP contribution is 2.21. The molecule has 1 atom stereocenters. The van der Waals surface area contributed by atoms with Crippen molar-refractivity contribution in [3.8, 4) is 0 Å². The molecule has 1 radical (unpaired) electrons. The Hall–Kier alpha value is 0.797. The lowest BCUT2D eigenvalue weighted by Crippen LogP contribution is -2.05. The summed E-state index contributed by atoms with van der Waals surface area (Å²) in [6.07, 6.45) is 5.14. The van der Waals surface area contributed by atoms with E-state index in [2.05, 4.69) is 13.8 Å².